The van der Waals surface area contributed by atoms with Crippen molar-refractivity contribution in [3.63, 3.8) is 0 Å². The van der Waals surface area contributed by atoms with E-state index in [0.29, 0.717) is 5.41 Å². The van der Waals surface area contributed by atoms with Crippen molar-refractivity contribution in [3.8, 4) is 6.07 Å². The number of hydrogen-bond acceptors (Lipinski definition) is 2. The number of amides is 1. The van der Waals surface area contributed by atoms with Crippen molar-refractivity contribution in [3.05, 3.63) is 0 Å². The molecule has 4 bridgehead atoms. The average molecular weight is 272 g/mol. The molecule has 0 aromatic carbocycles. The second kappa shape index (κ2) is 4.00. The van der Waals surface area contributed by atoms with Crippen molar-refractivity contribution in [1.29, 1.82) is 5.26 Å². The Morgan fingerprint density at radius 2 is 1.65 bits per heavy atom. The van der Waals surface area contributed by atoms with Crippen LogP contribution in [0.3, 0.4) is 0 Å². The third kappa shape index (κ3) is 1.73. The summed E-state index contributed by atoms with van der Waals surface area (Å²) >= 11 is 0. The molecule has 1 atom stereocenters. The summed E-state index contributed by atoms with van der Waals surface area (Å²) < 4.78 is 0. The van der Waals surface area contributed by atoms with E-state index < -0.39 is 5.41 Å². The topological polar surface area (TPSA) is 52.9 Å². The fourth-order valence-electron chi connectivity index (χ4n) is 5.71. The lowest BCUT2D eigenvalue weighted by atomic mass is 9.48. The molecule has 1 amide bonds. The second-order valence-electron chi connectivity index (χ2n) is 8.17. The second-order valence-corrected chi connectivity index (χ2v) is 8.17. The largest absolute Gasteiger partial charge is 0.352 e. The zero-order valence-corrected chi connectivity index (χ0v) is 12.3. The smallest absolute Gasteiger partial charge is 0.240 e. The summed E-state index contributed by atoms with van der Waals surface area (Å²) in [6, 6.07) is 2.46. The molecule has 5 rings (SSSR count). The Bertz CT molecular complexity index is 450. The number of carbonyl (C=O) groups is 1. The van der Waals surface area contributed by atoms with Crippen LogP contribution in [0.4, 0.5) is 0 Å². The van der Waals surface area contributed by atoms with Crippen molar-refractivity contribution in [2.24, 2.45) is 28.6 Å². The van der Waals surface area contributed by atoms with E-state index >= 15 is 0 Å². The first-order valence-electron chi connectivity index (χ1n) is 8.27. The molecule has 3 nitrogen and oxygen atoms in total. The van der Waals surface area contributed by atoms with Crippen LogP contribution in [-0.4, -0.2) is 11.9 Å². The molecule has 1 N–H and O–H groups in total. The molecule has 1 unspecified atom stereocenters. The molecule has 5 aliphatic rings. The van der Waals surface area contributed by atoms with Crippen LogP contribution in [0.25, 0.3) is 0 Å². The van der Waals surface area contributed by atoms with Crippen LogP contribution < -0.4 is 5.32 Å². The van der Waals surface area contributed by atoms with Crippen molar-refractivity contribution in [2.45, 2.75) is 64.3 Å². The van der Waals surface area contributed by atoms with E-state index in [0.717, 1.165) is 30.6 Å². The van der Waals surface area contributed by atoms with E-state index in [1.54, 1.807) is 0 Å². The van der Waals surface area contributed by atoms with Gasteiger partial charge < -0.3 is 5.32 Å². The molecular weight excluding hydrogens is 248 g/mol. The van der Waals surface area contributed by atoms with Gasteiger partial charge in [-0.2, -0.15) is 5.26 Å². The normalized spacial score (nSPS) is 44.7. The summed E-state index contributed by atoms with van der Waals surface area (Å²) in [5, 5.41) is 12.4. The lowest BCUT2D eigenvalue weighted by Crippen LogP contribution is -2.56. The number of hydrogen-bond donors (Lipinski definition) is 1. The highest BCUT2D eigenvalue weighted by atomic mass is 16.2. The van der Waals surface area contributed by atoms with Gasteiger partial charge in [0.05, 0.1) is 6.07 Å². The number of nitrogens with one attached hydrogen (secondary N) is 1. The van der Waals surface area contributed by atoms with Gasteiger partial charge >= 0.3 is 0 Å². The molecule has 0 radical (unpaired) electrons. The minimum absolute atomic E-state index is 0.00301. The van der Waals surface area contributed by atoms with E-state index in [1.165, 1.54) is 38.5 Å². The predicted octanol–water partition coefficient (Wildman–Crippen LogP) is 3.01. The molecule has 0 aromatic rings. The van der Waals surface area contributed by atoms with Gasteiger partial charge in [0.15, 0.2) is 0 Å². The molecule has 5 aliphatic carbocycles. The Hall–Kier alpha value is -1.04. The summed E-state index contributed by atoms with van der Waals surface area (Å²) in [5.41, 5.74) is -0.327. The standard InChI is InChI=1S/C17H24N2O/c1-11(19-15(20)16(10-18)2-3-16)17-7-12-4-13(8-17)6-14(5-12)9-17/h11-14H,2-9H2,1H3,(H,19,20). The van der Waals surface area contributed by atoms with Gasteiger partial charge in [0.25, 0.3) is 0 Å². The minimum atomic E-state index is -0.670. The third-order valence-electron chi connectivity index (χ3n) is 6.75. The lowest BCUT2D eigenvalue weighted by Gasteiger charge is -2.59. The van der Waals surface area contributed by atoms with Crippen molar-refractivity contribution in [2.75, 3.05) is 0 Å². The maximum atomic E-state index is 12.3. The summed E-state index contributed by atoms with van der Waals surface area (Å²) in [5.74, 6) is 2.73. The quantitative estimate of drug-likeness (QED) is 0.858. The van der Waals surface area contributed by atoms with E-state index in [9.17, 15) is 4.79 Å². The van der Waals surface area contributed by atoms with Gasteiger partial charge in [0.2, 0.25) is 5.91 Å². The van der Waals surface area contributed by atoms with Crippen LogP contribution in [0, 0.1) is 39.9 Å². The van der Waals surface area contributed by atoms with Crippen LogP contribution in [0.1, 0.15) is 58.3 Å². The van der Waals surface area contributed by atoms with Gasteiger partial charge in [0, 0.05) is 6.04 Å². The van der Waals surface area contributed by atoms with Crippen molar-refractivity contribution < 1.29 is 4.79 Å². The predicted molar refractivity (Wildman–Crippen MR) is 75.5 cm³/mol. The summed E-state index contributed by atoms with van der Waals surface area (Å²) in [6.07, 6.45) is 9.72. The van der Waals surface area contributed by atoms with Gasteiger partial charge in [-0.05, 0) is 81.5 Å². The van der Waals surface area contributed by atoms with Gasteiger partial charge in [-0.1, -0.05) is 0 Å². The van der Waals surface area contributed by atoms with Crippen molar-refractivity contribution >= 4 is 5.91 Å². The summed E-state index contributed by atoms with van der Waals surface area (Å²) in [6.45, 7) is 2.19. The molecule has 20 heavy (non-hydrogen) atoms. The van der Waals surface area contributed by atoms with Crippen LogP contribution in [0.15, 0.2) is 0 Å². The summed E-state index contributed by atoms with van der Waals surface area (Å²) in [7, 11) is 0. The SMILES string of the molecule is CC(NC(=O)C1(C#N)CC1)C12CC3CC(CC(C3)C1)C2. The molecule has 0 aliphatic heterocycles. The minimum Gasteiger partial charge on any atom is -0.352 e. The Kier molecular flexibility index (Phi) is 2.53. The van der Waals surface area contributed by atoms with Gasteiger partial charge in [-0.3, -0.25) is 4.79 Å². The molecule has 0 spiro atoms. The molecule has 5 fully saturated rings. The third-order valence-corrected chi connectivity index (χ3v) is 6.75. The van der Waals surface area contributed by atoms with Crippen LogP contribution in [0.2, 0.25) is 0 Å². The Morgan fingerprint density at radius 1 is 1.15 bits per heavy atom. The van der Waals surface area contributed by atoms with E-state index in [4.69, 9.17) is 5.26 Å². The number of rotatable bonds is 3. The molecule has 108 valence electrons. The average Bonchev–Trinajstić information content (AvgIpc) is 3.18. The Morgan fingerprint density at radius 3 is 2.05 bits per heavy atom. The zero-order valence-electron chi connectivity index (χ0n) is 12.3. The lowest BCUT2D eigenvalue weighted by molar-refractivity contribution is -0.129. The zero-order chi connectivity index (χ0) is 14.0. The van der Waals surface area contributed by atoms with Crippen LogP contribution >= 0.6 is 0 Å². The van der Waals surface area contributed by atoms with Gasteiger partial charge in [0.1, 0.15) is 5.41 Å². The molecule has 5 saturated carbocycles. The molecule has 0 heterocycles. The first-order valence-corrected chi connectivity index (χ1v) is 8.27. The summed E-state index contributed by atoms with van der Waals surface area (Å²) in [4.78, 5) is 12.3. The number of carbonyl (C=O) groups excluding carboxylic acids is 1. The van der Waals surface area contributed by atoms with Crippen molar-refractivity contribution in [1.82, 2.24) is 5.32 Å². The first-order chi connectivity index (χ1) is 9.55. The Balaban J connectivity index is 1.50. The van der Waals surface area contributed by atoms with Gasteiger partial charge in [-0.25, -0.2) is 0 Å². The maximum Gasteiger partial charge on any atom is 0.240 e. The van der Waals surface area contributed by atoms with Crippen LogP contribution in [0.5, 0.6) is 0 Å². The fourth-order valence-corrected chi connectivity index (χ4v) is 5.71. The van der Waals surface area contributed by atoms with E-state index in [-0.39, 0.29) is 11.9 Å². The first kappa shape index (κ1) is 12.7. The fraction of sp³-hybridized carbons (Fsp3) is 0.882. The Labute approximate surface area is 121 Å². The number of nitrogens with zero attached hydrogens (tertiary/aromatic N) is 1. The molecule has 0 aromatic heterocycles. The molecule has 0 saturated heterocycles. The number of nitriles is 1. The van der Waals surface area contributed by atoms with E-state index in [2.05, 4.69) is 18.3 Å². The van der Waals surface area contributed by atoms with E-state index in [1.807, 2.05) is 0 Å². The highest BCUT2D eigenvalue weighted by molar-refractivity contribution is 5.88. The van der Waals surface area contributed by atoms with Crippen LogP contribution in [-0.2, 0) is 4.79 Å². The van der Waals surface area contributed by atoms with Gasteiger partial charge in [-0.15, -0.1) is 0 Å². The maximum absolute atomic E-state index is 12.3. The highest BCUT2D eigenvalue weighted by Crippen LogP contribution is 2.61. The molecule has 3 heteroatoms. The monoisotopic (exact) mass is 272 g/mol. The highest BCUT2D eigenvalue weighted by Gasteiger charge is 2.55. The molecular formula is C17H24N2O.